The molecule has 1 atom stereocenters. The van der Waals surface area contributed by atoms with Crippen molar-refractivity contribution in [3.8, 4) is 23.0 Å². The van der Waals surface area contributed by atoms with Crippen molar-refractivity contribution in [3.05, 3.63) is 59.7 Å². The normalized spacial score (nSPS) is 11.0. The van der Waals surface area contributed by atoms with E-state index < -0.39 is 55.1 Å². The van der Waals surface area contributed by atoms with Gasteiger partial charge < -0.3 is 52.7 Å². The van der Waals surface area contributed by atoms with Gasteiger partial charge in [-0.1, -0.05) is 12.1 Å². The molecule has 256 valence electrons. The summed E-state index contributed by atoms with van der Waals surface area (Å²) in [4.78, 5) is 83.3. The van der Waals surface area contributed by atoms with Gasteiger partial charge in [-0.25, -0.2) is 28.8 Å². The van der Waals surface area contributed by atoms with Gasteiger partial charge >= 0.3 is 36.6 Å². The average molecular weight is 676 g/mol. The second-order valence-electron chi connectivity index (χ2n) is 8.52. The van der Waals surface area contributed by atoms with Crippen molar-refractivity contribution < 1.29 is 80.9 Å². The molecule has 0 spiro atoms. The molecule has 0 aliphatic heterocycles. The number of carbonyl (C=O) groups is 7. The van der Waals surface area contributed by atoms with Crippen molar-refractivity contribution >= 4 is 54.6 Å². The molecule has 18 nitrogen and oxygen atoms in total. The number of benzene rings is 2. The van der Waals surface area contributed by atoms with Gasteiger partial charge in [0.2, 0.25) is 5.91 Å². The first-order chi connectivity index (χ1) is 22.9. The van der Waals surface area contributed by atoms with Crippen molar-refractivity contribution in [1.82, 2.24) is 5.32 Å². The molecule has 0 fully saturated rings. The number of methoxy groups -OCH3 is 5. The minimum Gasteiger partial charge on any atom is -0.467 e. The maximum absolute atomic E-state index is 12.6. The van der Waals surface area contributed by atoms with Crippen LogP contribution in [0, 0.1) is 0 Å². The maximum Gasteiger partial charge on any atom is 0.513 e. The molecule has 0 unspecified atom stereocenters. The van der Waals surface area contributed by atoms with Crippen LogP contribution >= 0.6 is 0 Å². The van der Waals surface area contributed by atoms with Crippen LogP contribution in [0.25, 0.3) is 12.2 Å². The van der Waals surface area contributed by atoms with Gasteiger partial charge in [0.05, 0.1) is 35.5 Å². The van der Waals surface area contributed by atoms with Gasteiger partial charge in [-0.05, 0) is 47.5 Å². The van der Waals surface area contributed by atoms with Crippen LogP contribution in [0.4, 0.5) is 19.2 Å². The Balaban J connectivity index is 2.10. The second kappa shape index (κ2) is 19.0. The van der Waals surface area contributed by atoms with E-state index in [2.05, 4.69) is 29.0 Å². The molecule has 0 aliphatic rings. The molecule has 0 saturated carbocycles. The Bertz CT molecular complexity index is 1580. The summed E-state index contributed by atoms with van der Waals surface area (Å²) < 4.78 is 47.1. The van der Waals surface area contributed by atoms with E-state index in [1.807, 2.05) is 0 Å². The lowest BCUT2D eigenvalue weighted by Gasteiger charge is -2.15. The SMILES string of the molecule is COC(=O)Oc1ccc(/C=C/C(=O)N[C@@H](COC(=O)/C=C/c2ccc(OC(=O)OC)c(OC(=O)OC)c2)C(=O)OC)cc1OC(=O)OC. The van der Waals surface area contributed by atoms with E-state index in [-0.39, 0.29) is 34.1 Å². The lowest BCUT2D eigenvalue weighted by Crippen LogP contribution is -2.44. The van der Waals surface area contributed by atoms with Crippen LogP contribution in [0.2, 0.25) is 0 Å². The first-order valence-corrected chi connectivity index (χ1v) is 13.1. The molecule has 1 N–H and O–H groups in total. The third-order valence-electron chi connectivity index (χ3n) is 5.41. The second-order valence-corrected chi connectivity index (χ2v) is 8.52. The monoisotopic (exact) mass is 675 g/mol. The van der Waals surface area contributed by atoms with Crippen LogP contribution in [0.3, 0.4) is 0 Å². The summed E-state index contributed by atoms with van der Waals surface area (Å²) in [5.41, 5.74) is 0.577. The predicted octanol–water partition coefficient (Wildman–Crippen LogP) is 3.20. The smallest absolute Gasteiger partial charge is 0.467 e. The number of rotatable bonds is 12. The fourth-order valence-corrected chi connectivity index (χ4v) is 3.19. The van der Waals surface area contributed by atoms with E-state index in [0.717, 1.165) is 47.7 Å². The highest BCUT2D eigenvalue weighted by Gasteiger charge is 2.23. The zero-order chi connectivity index (χ0) is 35.6. The molecule has 0 aliphatic carbocycles. The Kier molecular flexibility index (Phi) is 14.9. The molecule has 0 saturated heterocycles. The summed E-state index contributed by atoms with van der Waals surface area (Å²) in [6.45, 7) is -0.630. The third kappa shape index (κ3) is 12.4. The van der Waals surface area contributed by atoms with Crippen LogP contribution < -0.4 is 24.3 Å². The highest BCUT2D eigenvalue weighted by Crippen LogP contribution is 2.31. The summed E-state index contributed by atoms with van der Waals surface area (Å²) in [7, 11) is 5.33. The Hall–Kier alpha value is -6.59. The van der Waals surface area contributed by atoms with Gasteiger partial charge in [0.1, 0.15) is 6.61 Å². The molecule has 0 aromatic heterocycles. The summed E-state index contributed by atoms with van der Waals surface area (Å²) in [5.74, 6) is -3.52. The Morgan fingerprint density at radius 3 is 1.42 bits per heavy atom. The average Bonchev–Trinajstić information content (AvgIpc) is 3.09. The van der Waals surface area contributed by atoms with Gasteiger partial charge in [0.15, 0.2) is 29.0 Å². The van der Waals surface area contributed by atoms with E-state index >= 15 is 0 Å². The van der Waals surface area contributed by atoms with Gasteiger partial charge in [-0.2, -0.15) is 0 Å². The number of esters is 2. The van der Waals surface area contributed by atoms with Crippen molar-refractivity contribution in [3.63, 3.8) is 0 Å². The van der Waals surface area contributed by atoms with Crippen LogP contribution in [-0.2, 0) is 42.8 Å². The fraction of sp³-hybridized carbons (Fsp3) is 0.233. The quantitative estimate of drug-likeness (QED) is 0.147. The number of ether oxygens (including phenoxy) is 10. The minimum atomic E-state index is -1.42. The lowest BCUT2D eigenvalue weighted by molar-refractivity contribution is -0.149. The molecule has 18 heteroatoms. The van der Waals surface area contributed by atoms with Gasteiger partial charge in [0.25, 0.3) is 0 Å². The van der Waals surface area contributed by atoms with Crippen molar-refractivity contribution in [2.75, 3.05) is 42.2 Å². The van der Waals surface area contributed by atoms with Crippen LogP contribution in [-0.4, -0.2) is 90.7 Å². The summed E-state index contributed by atoms with van der Waals surface area (Å²) in [6, 6.07) is 6.39. The summed E-state index contributed by atoms with van der Waals surface area (Å²) >= 11 is 0. The summed E-state index contributed by atoms with van der Waals surface area (Å²) in [5, 5.41) is 2.32. The zero-order valence-corrected chi connectivity index (χ0v) is 26.0. The van der Waals surface area contributed by atoms with Crippen molar-refractivity contribution in [2.24, 2.45) is 0 Å². The largest absolute Gasteiger partial charge is 0.513 e. The van der Waals surface area contributed by atoms with Crippen LogP contribution in [0.5, 0.6) is 23.0 Å². The number of amides is 1. The Labute approximate surface area is 271 Å². The molecular formula is C30H29NO17. The number of hydrogen-bond acceptors (Lipinski definition) is 17. The van der Waals surface area contributed by atoms with Gasteiger partial charge in [-0.3, -0.25) is 4.79 Å². The molecule has 0 bridgehead atoms. The van der Waals surface area contributed by atoms with Gasteiger partial charge in [-0.15, -0.1) is 0 Å². The van der Waals surface area contributed by atoms with Gasteiger partial charge in [0, 0.05) is 12.2 Å². The number of nitrogens with one attached hydrogen (secondary N) is 1. The first kappa shape index (κ1) is 37.6. The highest BCUT2D eigenvalue weighted by atomic mass is 16.8. The minimum absolute atomic E-state index is 0.183. The number of carbonyl (C=O) groups excluding carboxylic acids is 7. The van der Waals surface area contributed by atoms with E-state index in [1.165, 1.54) is 48.6 Å². The third-order valence-corrected chi connectivity index (χ3v) is 5.41. The van der Waals surface area contributed by atoms with Crippen LogP contribution in [0.1, 0.15) is 11.1 Å². The standard InChI is InChI=1S/C30H29NO17/c1-39-26(34)19(31-24(32)12-8-17-6-10-20(45-27(35)40-2)22(14-17)47-29(37)42-4)16-44-25(33)13-9-18-7-11-21(46-28(36)41-3)23(15-18)48-30(38)43-5/h6-15,19H,16H2,1-5H3,(H,31,32)/b12-8+,13-9+/t19-/m0/s1. The van der Waals surface area contributed by atoms with Crippen molar-refractivity contribution in [1.29, 1.82) is 0 Å². The molecule has 1 amide bonds. The molecule has 2 aromatic rings. The molecular weight excluding hydrogens is 646 g/mol. The lowest BCUT2D eigenvalue weighted by atomic mass is 10.2. The van der Waals surface area contributed by atoms with E-state index in [0.29, 0.717) is 0 Å². The predicted molar refractivity (Wildman–Crippen MR) is 158 cm³/mol. The highest BCUT2D eigenvalue weighted by molar-refractivity contribution is 5.95. The molecule has 0 radical (unpaired) electrons. The Morgan fingerprint density at radius 1 is 0.583 bits per heavy atom. The number of hydrogen-bond donors (Lipinski definition) is 1. The van der Waals surface area contributed by atoms with E-state index in [1.54, 1.807) is 0 Å². The maximum atomic E-state index is 12.6. The molecule has 2 aromatic carbocycles. The van der Waals surface area contributed by atoms with E-state index in [9.17, 15) is 33.6 Å². The topological polar surface area (TPSA) is 224 Å². The zero-order valence-electron chi connectivity index (χ0n) is 26.0. The summed E-state index contributed by atoms with van der Waals surface area (Å²) in [6.07, 6.45) is 0.100. The Morgan fingerprint density at radius 2 is 1.00 bits per heavy atom. The molecule has 48 heavy (non-hydrogen) atoms. The fourth-order valence-electron chi connectivity index (χ4n) is 3.19. The van der Waals surface area contributed by atoms with Crippen LogP contribution in [0.15, 0.2) is 48.6 Å². The van der Waals surface area contributed by atoms with E-state index in [4.69, 9.17) is 23.7 Å². The molecule has 0 heterocycles. The van der Waals surface area contributed by atoms with Crippen molar-refractivity contribution in [2.45, 2.75) is 6.04 Å². The molecule has 2 rings (SSSR count). The first-order valence-electron chi connectivity index (χ1n) is 13.1.